The molecule has 0 spiro atoms. The maximum Gasteiger partial charge on any atom is 0.243 e. The minimum Gasteiger partial charge on any atom is -0.0629 e. The first-order valence-corrected chi connectivity index (χ1v) is 18.9. The van der Waals surface area contributed by atoms with Gasteiger partial charge in [0.05, 0.1) is 0 Å². The maximum absolute atomic E-state index is 2.53. The zero-order valence-electron chi connectivity index (χ0n) is 31.5. The largest absolute Gasteiger partial charge is 0.243 e. The van der Waals surface area contributed by atoms with Crippen molar-refractivity contribution in [2.45, 2.75) is 41.5 Å². The van der Waals surface area contributed by atoms with Crippen LogP contribution in [0.3, 0.4) is 0 Å². The van der Waals surface area contributed by atoms with E-state index in [9.17, 15) is 0 Å². The Bertz CT molecular complexity index is 2780. The molecule has 9 rings (SSSR count). The van der Waals surface area contributed by atoms with Crippen molar-refractivity contribution in [3.63, 3.8) is 0 Å². The van der Waals surface area contributed by atoms with Gasteiger partial charge in [0.15, 0.2) is 0 Å². The number of hydrogen-bond donors (Lipinski definition) is 0. The highest BCUT2D eigenvalue weighted by Crippen LogP contribution is 2.39. The van der Waals surface area contributed by atoms with Gasteiger partial charge in [0.1, 0.15) is 0 Å². The normalized spacial score (nSPS) is 11.6. The van der Waals surface area contributed by atoms with Gasteiger partial charge in [-0.25, -0.2) is 0 Å². The average Bonchev–Trinajstić information content (AvgIpc) is 3.16. The summed E-state index contributed by atoms with van der Waals surface area (Å²) in [4.78, 5) is 0. The molecular formula is C52H43B. The second-order valence-electron chi connectivity index (χ2n) is 15.3. The van der Waals surface area contributed by atoms with Gasteiger partial charge < -0.3 is 0 Å². The lowest BCUT2D eigenvalue weighted by Gasteiger charge is -2.27. The van der Waals surface area contributed by atoms with E-state index in [1.54, 1.807) is 0 Å². The molecule has 0 heterocycles. The predicted octanol–water partition coefficient (Wildman–Crippen LogP) is 12.0. The van der Waals surface area contributed by atoms with Crippen molar-refractivity contribution < 1.29 is 0 Å². The first kappa shape index (κ1) is 33.0. The molecule has 0 saturated carbocycles. The molecule has 1 heteroatoms. The number of rotatable bonds is 5. The minimum atomic E-state index is 0.0595. The van der Waals surface area contributed by atoms with Crippen molar-refractivity contribution in [1.82, 2.24) is 0 Å². The molecule has 0 bridgehead atoms. The fraction of sp³-hybridized carbons (Fsp3) is 0.115. The smallest absolute Gasteiger partial charge is 0.0629 e. The molecule has 0 amide bonds. The summed E-state index contributed by atoms with van der Waals surface area (Å²) in [5.74, 6) is 0. The first-order valence-electron chi connectivity index (χ1n) is 18.9. The lowest BCUT2D eigenvalue weighted by atomic mass is 9.33. The van der Waals surface area contributed by atoms with Gasteiger partial charge in [0.25, 0.3) is 0 Å². The molecule has 0 atom stereocenters. The van der Waals surface area contributed by atoms with Gasteiger partial charge in [-0.2, -0.15) is 0 Å². The lowest BCUT2D eigenvalue weighted by Crippen LogP contribution is -2.56. The van der Waals surface area contributed by atoms with E-state index < -0.39 is 0 Å². The number of benzene rings is 9. The van der Waals surface area contributed by atoms with Crippen molar-refractivity contribution in [2.24, 2.45) is 0 Å². The molecule has 9 aromatic rings. The SMILES string of the molecule is Cc1cc(C)c(B(c2c(C)cc(C)cc2C)c2cc3ccc4ccc(-c5ccccc5)cc4c3c3c2ccc2ccc(-c4ccccc4)cc23)c(C)c1. The number of aryl methyl sites for hydroxylation is 6. The van der Waals surface area contributed by atoms with Gasteiger partial charge in [0, 0.05) is 0 Å². The van der Waals surface area contributed by atoms with E-state index in [-0.39, 0.29) is 6.71 Å². The summed E-state index contributed by atoms with van der Waals surface area (Å²) in [6.45, 7) is 13.7. The van der Waals surface area contributed by atoms with E-state index in [4.69, 9.17) is 0 Å². The summed E-state index contributed by atoms with van der Waals surface area (Å²) >= 11 is 0. The van der Waals surface area contributed by atoms with Crippen LogP contribution in [0.5, 0.6) is 0 Å². The molecule has 0 aliphatic rings. The highest BCUT2D eigenvalue weighted by atomic mass is 14.2. The Balaban J connectivity index is 1.48. The highest BCUT2D eigenvalue weighted by Gasteiger charge is 2.31. The molecule has 0 saturated heterocycles. The van der Waals surface area contributed by atoms with Crippen LogP contribution in [-0.2, 0) is 0 Å². The standard InChI is InChI=1S/C52H43B/c1-32-25-34(3)51(35(4)26-32)53(52-36(5)27-33(2)28-37(52)6)48-31-44-22-19-40-17-20-42(38-13-9-7-10-14-38)29-46(40)49(44)50-45(48)24-23-41-18-21-43(30-47(41)50)39-15-11-8-12-16-39/h7-31H,1-6H3. The van der Waals surface area contributed by atoms with E-state index >= 15 is 0 Å². The molecular weight excluding hydrogens is 635 g/mol. The molecule has 9 aromatic carbocycles. The van der Waals surface area contributed by atoms with Crippen LogP contribution in [-0.4, -0.2) is 6.71 Å². The van der Waals surface area contributed by atoms with Crippen molar-refractivity contribution >= 4 is 66.2 Å². The van der Waals surface area contributed by atoms with Crippen molar-refractivity contribution in [2.75, 3.05) is 0 Å². The monoisotopic (exact) mass is 678 g/mol. The summed E-state index contributed by atoms with van der Waals surface area (Å²) in [7, 11) is 0. The Morgan fingerprint density at radius 1 is 0.321 bits per heavy atom. The van der Waals surface area contributed by atoms with Gasteiger partial charge in [-0.05, 0) is 119 Å². The quantitative estimate of drug-likeness (QED) is 0.126. The molecule has 0 unspecified atom stereocenters. The Hall–Kier alpha value is -5.92. The van der Waals surface area contributed by atoms with E-state index in [1.165, 1.54) is 115 Å². The van der Waals surface area contributed by atoms with Gasteiger partial charge >= 0.3 is 0 Å². The van der Waals surface area contributed by atoms with Gasteiger partial charge in [-0.3, -0.25) is 0 Å². The van der Waals surface area contributed by atoms with Crippen LogP contribution in [0.2, 0.25) is 0 Å². The summed E-state index contributed by atoms with van der Waals surface area (Å²) < 4.78 is 0. The zero-order valence-corrected chi connectivity index (χ0v) is 31.5. The van der Waals surface area contributed by atoms with E-state index in [0.717, 1.165) is 0 Å². The third-order valence-electron chi connectivity index (χ3n) is 11.5. The lowest BCUT2D eigenvalue weighted by molar-refractivity contribution is 1.34. The summed E-state index contributed by atoms with van der Waals surface area (Å²) in [6.07, 6.45) is 0. The Morgan fingerprint density at radius 2 is 0.736 bits per heavy atom. The molecule has 254 valence electrons. The van der Waals surface area contributed by atoms with Crippen LogP contribution in [0.15, 0.2) is 152 Å². The molecule has 0 N–H and O–H groups in total. The summed E-state index contributed by atoms with van der Waals surface area (Å²) in [5.41, 5.74) is 17.1. The van der Waals surface area contributed by atoms with Crippen LogP contribution in [0.25, 0.3) is 65.3 Å². The molecule has 0 nitrogen and oxygen atoms in total. The summed E-state index contributed by atoms with van der Waals surface area (Å²) in [6, 6.07) is 57.1. The first-order chi connectivity index (χ1) is 25.7. The van der Waals surface area contributed by atoms with Gasteiger partial charge in [-0.1, -0.05) is 189 Å². The molecule has 0 aliphatic heterocycles. The molecule has 0 radical (unpaired) electrons. The molecule has 0 aromatic heterocycles. The van der Waals surface area contributed by atoms with Crippen LogP contribution in [0, 0.1) is 41.5 Å². The second kappa shape index (κ2) is 12.9. The number of hydrogen-bond acceptors (Lipinski definition) is 0. The topological polar surface area (TPSA) is 0 Å². The molecule has 0 aliphatic carbocycles. The Morgan fingerprint density at radius 3 is 1.23 bits per heavy atom. The summed E-state index contributed by atoms with van der Waals surface area (Å²) in [5, 5.41) is 10.3. The number of fused-ring (bicyclic) bond motifs is 7. The van der Waals surface area contributed by atoms with Crippen molar-refractivity contribution in [3.05, 3.63) is 185 Å². The van der Waals surface area contributed by atoms with E-state index in [2.05, 4.69) is 193 Å². The molecule has 0 fully saturated rings. The van der Waals surface area contributed by atoms with Crippen LogP contribution >= 0.6 is 0 Å². The Labute approximate surface area is 313 Å². The Kier molecular flexibility index (Phi) is 8.05. The average molecular weight is 679 g/mol. The van der Waals surface area contributed by atoms with Gasteiger partial charge in [-0.15, -0.1) is 0 Å². The van der Waals surface area contributed by atoms with Crippen LogP contribution in [0.1, 0.15) is 33.4 Å². The third kappa shape index (κ3) is 5.63. The van der Waals surface area contributed by atoms with Crippen LogP contribution < -0.4 is 16.4 Å². The fourth-order valence-electron chi connectivity index (χ4n) is 9.42. The highest BCUT2D eigenvalue weighted by molar-refractivity contribution is 6.98. The van der Waals surface area contributed by atoms with Crippen molar-refractivity contribution in [3.8, 4) is 22.3 Å². The fourth-order valence-corrected chi connectivity index (χ4v) is 9.42. The van der Waals surface area contributed by atoms with Crippen molar-refractivity contribution in [1.29, 1.82) is 0 Å². The molecule has 53 heavy (non-hydrogen) atoms. The second-order valence-corrected chi connectivity index (χ2v) is 15.3. The van der Waals surface area contributed by atoms with E-state index in [0.29, 0.717) is 0 Å². The zero-order chi connectivity index (χ0) is 36.4. The predicted molar refractivity (Wildman–Crippen MR) is 233 cm³/mol. The van der Waals surface area contributed by atoms with Gasteiger partial charge in [0.2, 0.25) is 6.71 Å². The maximum atomic E-state index is 2.53. The third-order valence-corrected chi connectivity index (χ3v) is 11.5. The van der Waals surface area contributed by atoms with Crippen LogP contribution in [0.4, 0.5) is 0 Å². The van der Waals surface area contributed by atoms with E-state index in [1.807, 2.05) is 0 Å². The minimum absolute atomic E-state index is 0.0595.